The fraction of sp³-hybridized carbons (Fsp3) is 0.773. The molecule has 0 spiro atoms. The molecule has 0 fully saturated rings. The molecule has 0 rings (SSSR count). The van der Waals surface area contributed by atoms with Gasteiger partial charge in [0.05, 0.1) is 0 Å². The highest BCUT2D eigenvalue weighted by Gasteiger charge is 2.34. The maximum Gasteiger partial charge on any atom is 0.410 e. The molecule has 7 heteroatoms. The van der Waals surface area contributed by atoms with E-state index in [1.165, 1.54) is 11.9 Å². The first-order chi connectivity index (χ1) is 13.0. The fourth-order valence-corrected chi connectivity index (χ4v) is 2.39. The molecule has 168 valence electrons. The summed E-state index contributed by atoms with van der Waals surface area (Å²) in [5.74, 6) is -1.31. The molecular weight excluding hydrogens is 374 g/mol. The molecule has 0 saturated heterocycles. The van der Waals surface area contributed by atoms with E-state index < -0.39 is 29.7 Å². The molecule has 3 atom stereocenters. The number of likely N-dealkylation sites (N-methyl/N-ethyl adjacent to an activating group) is 1. The lowest BCUT2D eigenvalue weighted by atomic mass is 9.83. The molecule has 0 aliphatic rings. The summed E-state index contributed by atoms with van der Waals surface area (Å²) in [6.07, 6.45) is 1.89. The quantitative estimate of drug-likeness (QED) is 0.460. The summed E-state index contributed by atoms with van der Waals surface area (Å²) < 4.78 is 11.1. The van der Waals surface area contributed by atoms with E-state index in [-0.39, 0.29) is 17.4 Å². The van der Waals surface area contributed by atoms with Crippen LogP contribution in [-0.4, -0.2) is 52.8 Å². The molecule has 0 aliphatic heterocycles. The summed E-state index contributed by atoms with van der Waals surface area (Å²) in [4.78, 5) is 37.1. The zero-order chi connectivity index (χ0) is 23.2. The van der Waals surface area contributed by atoms with Crippen LogP contribution in [0.2, 0.25) is 0 Å². The average Bonchev–Trinajstić information content (AvgIpc) is 2.54. The fourth-order valence-electron chi connectivity index (χ4n) is 2.39. The number of ether oxygens (including phenoxy) is 2. The molecule has 0 bridgehead atoms. The second kappa shape index (κ2) is 10.6. The molecule has 0 aromatic heterocycles. The summed E-state index contributed by atoms with van der Waals surface area (Å²) in [5.41, 5.74) is -0.659. The number of esters is 1. The number of carboxylic acid groups (broad SMARTS) is 1. The molecule has 29 heavy (non-hydrogen) atoms. The minimum Gasteiger partial charge on any atom is -0.478 e. The minimum absolute atomic E-state index is 0.125. The van der Waals surface area contributed by atoms with Crippen molar-refractivity contribution in [3.8, 4) is 0 Å². The first-order valence-corrected chi connectivity index (χ1v) is 10.0. The van der Waals surface area contributed by atoms with Crippen molar-refractivity contribution in [3.63, 3.8) is 0 Å². The molecule has 1 N–H and O–H groups in total. The molecule has 0 aliphatic carbocycles. The first-order valence-electron chi connectivity index (χ1n) is 10.0. The Labute approximate surface area is 175 Å². The number of carboxylic acids is 1. The third-order valence-electron chi connectivity index (χ3n) is 4.61. The first kappa shape index (κ1) is 27.0. The topological polar surface area (TPSA) is 93.1 Å². The maximum absolute atomic E-state index is 12.7. The predicted octanol–water partition coefficient (Wildman–Crippen LogP) is 4.65. The van der Waals surface area contributed by atoms with E-state index in [1.807, 2.05) is 27.7 Å². The Morgan fingerprint density at radius 3 is 2.00 bits per heavy atom. The Morgan fingerprint density at radius 1 is 1.07 bits per heavy atom. The van der Waals surface area contributed by atoms with Gasteiger partial charge in [-0.25, -0.2) is 14.4 Å². The number of nitrogens with zero attached hydrogens (tertiary/aromatic N) is 1. The predicted molar refractivity (Wildman–Crippen MR) is 113 cm³/mol. The van der Waals surface area contributed by atoms with E-state index in [4.69, 9.17) is 14.6 Å². The highest BCUT2D eigenvalue weighted by atomic mass is 16.6. The molecule has 1 amide bonds. The van der Waals surface area contributed by atoms with Crippen molar-refractivity contribution >= 4 is 18.0 Å². The standard InChI is InChI=1S/C22H39NO6/c1-14(11-12-15(2)18(24)25)13-17(21(4,5)6)28-19(26)16(3)23(10)20(27)29-22(7,8)9/h12,14,16-17H,11,13H2,1-10H3,(H,24,25)/b15-12+/t14-,16-,17-/m0/s1. The van der Waals surface area contributed by atoms with Crippen LogP contribution in [-0.2, 0) is 19.1 Å². The van der Waals surface area contributed by atoms with Crippen molar-refractivity contribution in [2.24, 2.45) is 11.3 Å². The van der Waals surface area contributed by atoms with Gasteiger partial charge in [0.1, 0.15) is 17.7 Å². The Bertz CT molecular complexity index is 612. The zero-order valence-corrected chi connectivity index (χ0v) is 19.7. The Kier molecular flexibility index (Phi) is 9.90. The van der Waals surface area contributed by atoms with Crippen LogP contribution in [0.15, 0.2) is 11.6 Å². The van der Waals surface area contributed by atoms with E-state index in [0.29, 0.717) is 18.4 Å². The lowest BCUT2D eigenvalue weighted by Crippen LogP contribution is -2.46. The van der Waals surface area contributed by atoms with Gasteiger partial charge in [0.15, 0.2) is 0 Å². The number of rotatable bonds is 8. The van der Waals surface area contributed by atoms with Crippen LogP contribution in [0.1, 0.15) is 75.2 Å². The van der Waals surface area contributed by atoms with Gasteiger partial charge in [0, 0.05) is 12.6 Å². The SMILES string of the molecule is C/C(=C\C[C@H](C)C[C@H](OC(=O)[C@H](C)N(C)C(=O)OC(C)(C)C)C(C)(C)C)C(=O)O. The van der Waals surface area contributed by atoms with Gasteiger partial charge in [-0.2, -0.15) is 0 Å². The molecule has 0 heterocycles. The van der Waals surface area contributed by atoms with Crippen molar-refractivity contribution in [3.05, 3.63) is 11.6 Å². The van der Waals surface area contributed by atoms with Crippen molar-refractivity contribution < 1.29 is 29.0 Å². The van der Waals surface area contributed by atoms with Gasteiger partial charge >= 0.3 is 18.0 Å². The van der Waals surface area contributed by atoms with E-state index in [1.54, 1.807) is 40.7 Å². The smallest absolute Gasteiger partial charge is 0.410 e. The van der Waals surface area contributed by atoms with Crippen LogP contribution in [0.25, 0.3) is 0 Å². The number of carbonyl (C=O) groups is 3. The number of amides is 1. The molecule has 0 saturated carbocycles. The van der Waals surface area contributed by atoms with Gasteiger partial charge in [0.25, 0.3) is 0 Å². The minimum atomic E-state index is -0.935. The summed E-state index contributed by atoms with van der Waals surface area (Å²) >= 11 is 0. The lowest BCUT2D eigenvalue weighted by molar-refractivity contribution is -0.161. The van der Waals surface area contributed by atoms with Crippen LogP contribution >= 0.6 is 0 Å². The van der Waals surface area contributed by atoms with Gasteiger partial charge in [0.2, 0.25) is 0 Å². The number of aliphatic carboxylic acids is 1. The third kappa shape index (κ3) is 10.3. The van der Waals surface area contributed by atoms with Crippen molar-refractivity contribution in [2.45, 2.75) is 92.9 Å². The largest absolute Gasteiger partial charge is 0.478 e. The van der Waals surface area contributed by atoms with Crippen LogP contribution in [0, 0.1) is 11.3 Å². The van der Waals surface area contributed by atoms with Crippen LogP contribution < -0.4 is 0 Å². The second-order valence-electron chi connectivity index (χ2n) is 9.83. The summed E-state index contributed by atoms with van der Waals surface area (Å²) in [6.45, 7) is 16.4. The van der Waals surface area contributed by atoms with Crippen molar-refractivity contribution in [1.82, 2.24) is 4.90 Å². The number of hydrogen-bond acceptors (Lipinski definition) is 5. The number of allylic oxidation sites excluding steroid dienone is 1. The van der Waals surface area contributed by atoms with Gasteiger partial charge in [-0.1, -0.05) is 33.8 Å². The monoisotopic (exact) mass is 413 g/mol. The summed E-state index contributed by atoms with van der Waals surface area (Å²) in [7, 11) is 1.51. The molecule has 0 unspecified atom stereocenters. The second-order valence-corrected chi connectivity index (χ2v) is 9.83. The Morgan fingerprint density at radius 2 is 1.59 bits per heavy atom. The van der Waals surface area contributed by atoms with Gasteiger partial charge in [-0.15, -0.1) is 0 Å². The highest BCUT2D eigenvalue weighted by Crippen LogP contribution is 2.29. The maximum atomic E-state index is 12.7. The average molecular weight is 414 g/mol. The van der Waals surface area contributed by atoms with Crippen LogP contribution in [0.5, 0.6) is 0 Å². The van der Waals surface area contributed by atoms with E-state index in [0.717, 1.165) is 0 Å². The van der Waals surface area contributed by atoms with Gasteiger partial charge in [-0.05, 0) is 58.8 Å². The van der Waals surface area contributed by atoms with Gasteiger partial charge < -0.3 is 14.6 Å². The van der Waals surface area contributed by atoms with Crippen molar-refractivity contribution in [2.75, 3.05) is 7.05 Å². The van der Waals surface area contributed by atoms with Crippen LogP contribution in [0.4, 0.5) is 4.79 Å². The van der Waals surface area contributed by atoms with Crippen molar-refractivity contribution in [1.29, 1.82) is 0 Å². The number of carbonyl (C=O) groups excluding carboxylic acids is 2. The summed E-state index contributed by atoms with van der Waals surface area (Å²) in [5, 5.41) is 8.97. The van der Waals surface area contributed by atoms with E-state index >= 15 is 0 Å². The molecule has 7 nitrogen and oxygen atoms in total. The normalized spacial score (nSPS) is 15.9. The highest BCUT2D eigenvalue weighted by molar-refractivity contribution is 5.85. The Hall–Kier alpha value is -2.05. The number of hydrogen-bond donors (Lipinski definition) is 1. The zero-order valence-electron chi connectivity index (χ0n) is 19.7. The molecule has 0 aromatic carbocycles. The van der Waals surface area contributed by atoms with Crippen LogP contribution in [0.3, 0.4) is 0 Å². The van der Waals surface area contributed by atoms with E-state index in [9.17, 15) is 14.4 Å². The van der Waals surface area contributed by atoms with E-state index in [2.05, 4.69) is 0 Å². The Balaban J connectivity index is 5.10. The molecule has 0 aromatic rings. The summed E-state index contributed by atoms with van der Waals surface area (Å²) in [6, 6.07) is -0.792. The molecule has 0 radical (unpaired) electrons. The lowest BCUT2D eigenvalue weighted by Gasteiger charge is -2.34. The van der Waals surface area contributed by atoms with Gasteiger partial charge in [-0.3, -0.25) is 4.90 Å². The third-order valence-corrected chi connectivity index (χ3v) is 4.61. The molecular formula is C22H39NO6.